The minimum Gasteiger partial charge on any atom is -0.376 e. The van der Waals surface area contributed by atoms with E-state index in [0.29, 0.717) is 11.8 Å². The molecule has 78 valence electrons. The molecule has 0 unspecified atom stereocenters. The van der Waals surface area contributed by atoms with Gasteiger partial charge in [0.25, 0.3) is 0 Å². The van der Waals surface area contributed by atoms with Crippen LogP contribution < -0.4 is 0 Å². The van der Waals surface area contributed by atoms with Crippen LogP contribution in [0, 0.1) is 11.8 Å². The lowest BCUT2D eigenvalue weighted by atomic mass is 9.91. The molecular formula is C12H20OSi. The van der Waals surface area contributed by atoms with Crippen LogP contribution in [0.5, 0.6) is 0 Å². The number of fused-ring (bicyclic) bond motifs is 1. The van der Waals surface area contributed by atoms with E-state index < -0.39 is 8.07 Å². The van der Waals surface area contributed by atoms with Crippen LogP contribution in [-0.2, 0) is 4.74 Å². The van der Waals surface area contributed by atoms with E-state index in [1.807, 2.05) is 0 Å². The highest BCUT2D eigenvalue weighted by molar-refractivity contribution is 6.83. The zero-order chi connectivity index (χ0) is 10.3. The molecule has 0 saturated carbocycles. The summed E-state index contributed by atoms with van der Waals surface area (Å²) in [6.45, 7) is 11.5. The van der Waals surface area contributed by atoms with Gasteiger partial charge in [0.05, 0.1) is 21.3 Å². The van der Waals surface area contributed by atoms with Gasteiger partial charge in [0, 0.05) is 5.92 Å². The normalized spacial score (nSPS) is 32.3. The molecule has 0 bridgehead atoms. The Balaban J connectivity index is 2.42. The van der Waals surface area contributed by atoms with Gasteiger partial charge < -0.3 is 4.74 Å². The molecule has 2 aliphatic rings. The molecule has 2 atom stereocenters. The number of hydrogen-bond donors (Lipinski definition) is 0. The second kappa shape index (κ2) is 3.35. The maximum absolute atomic E-state index is 5.58. The van der Waals surface area contributed by atoms with E-state index in [0.717, 1.165) is 13.2 Å². The van der Waals surface area contributed by atoms with Crippen molar-refractivity contribution in [1.29, 1.82) is 0 Å². The molecule has 14 heavy (non-hydrogen) atoms. The topological polar surface area (TPSA) is 9.23 Å². The molecule has 0 aromatic heterocycles. The van der Waals surface area contributed by atoms with E-state index in [4.69, 9.17) is 4.74 Å². The second-order valence-electron chi connectivity index (χ2n) is 5.48. The standard InChI is InChI=1S/C12H20OSi/c1-9-5-6-10-7-13-8-11(10)12(9)14(2,3)4/h5-6,9-10H,7-8H2,1-4H3/t9-,10-/m1/s1. The van der Waals surface area contributed by atoms with Crippen LogP contribution in [0.4, 0.5) is 0 Å². The molecular weight excluding hydrogens is 188 g/mol. The summed E-state index contributed by atoms with van der Waals surface area (Å²) in [6.07, 6.45) is 4.72. The van der Waals surface area contributed by atoms with Crippen molar-refractivity contribution < 1.29 is 4.74 Å². The van der Waals surface area contributed by atoms with Crippen LogP contribution >= 0.6 is 0 Å². The van der Waals surface area contributed by atoms with Gasteiger partial charge in [0.1, 0.15) is 0 Å². The Bertz CT molecular complexity index is 296. The summed E-state index contributed by atoms with van der Waals surface area (Å²) < 4.78 is 5.58. The van der Waals surface area contributed by atoms with Crippen LogP contribution in [0.3, 0.4) is 0 Å². The van der Waals surface area contributed by atoms with Gasteiger partial charge in [-0.1, -0.05) is 43.9 Å². The zero-order valence-corrected chi connectivity index (χ0v) is 10.6. The molecule has 1 saturated heterocycles. The van der Waals surface area contributed by atoms with Gasteiger partial charge in [-0.05, 0) is 11.5 Å². The summed E-state index contributed by atoms with van der Waals surface area (Å²) in [5.41, 5.74) is 1.61. The SMILES string of the molecule is C[C@@H]1C=C[C@@H]2COCC2=C1[Si](C)(C)C. The first-order valence-corrected chi connectivity index (χ1v) is 8.99. The maximum Gasteiger partial charge on any atom is 0.0732 e. The predicted molar refractivity (Wildman–Crippen MR) is 63.0 cm³/mol. The average Bonchev–Trinajstić information content (AvgIpc) is 2.48. The lowest BCUT2D eigenvalue weighted by molar-refractivity contribution is 0.195. The first-order chi connectivity index (χ1) is 6.50. The third-order valence-corrected chi connectivity index (χ3v) is 5.64. The molecule has 2 rings (SSSR count). The Morgan fingerprint density at radius 3 is 2.64 bits per heavy atom. The first kappa shape index (κ1) is 10.2. The van der Waals surface area contributed by atoms with Crippen LogP contribution in [0.25, 0.3) is 0 Å². The van der Waals surface area contributed by atoms with Gasteiger partial charge in [-0.15, -0.1) is 0 Å². The van der Waals surface area contributed by atoms with E-state index in [-0.39, 0.29) is 0 Å². The van der Waals surface area contributed by atoms with Gasteiger partial charge in [0.15, 0.2) is 0 Å². The van der Waals surface area contributed by atoms with Crippen molar-refractivity contribution in [2.45, 2.75) is 26.6 Å². The highest BCUT2D eigenvalue weighted by atomic mass is 28.3. The maximum atomic E-state index is 5.58. The van der Waals surface area contributed by atoms with Gasteiger partial charge in [0.2, 0.25) is 0 Å². The third kappa shape index (κ3) is 1.61. The minimum atomic E-state index is -1.16. The van der Waals surface area contributed by atoms with Gasteiger partial charge in [-0.25, -0.2) is 0 Å². The molecule has 0 aromatic rings. The van der Waals surface area contributed by atoms with E-state index in [2.05, 4.69) is 38.7 Å². The summed E-state index contributed by atoms with van der Waals surface area (Å²) in [6, 6.07) is 0. The van der Waals surface area contributed by atoms with E-state index in [9.17, 15) is 0 Å². The van der Waals surface area contributed by atoms with Crippen molar-refractivity contribution in [2.24, 2.45) is 11.8 Å². The fraction of sp³-hybridized carbons (Fsp3) is 0.667. The lowest BCUT2D eigenvalue weighted by Crippen LogP contribution is -2.32. The van der Waals surface area contributed by atoms with Crippen LogP contribution in [0.2, 0.25) is 19.6 Å². The Hall–Kier alpha value is -0.343. The molecule has 0 N–H and O–H groups in total. The Labute approximate surface area is 87.9 Å². The van der Waals surface area contributed by atoms with Crippen molar-refractivity contribution in [1.82, 2.24) is 0 Å². The summed E-state index contributed by atoms with van der Waals surface area (Å²) in [7, 11) is -1.16. The van der Waals surface area contributed by atoms with E-state index in [1.54, 1.807) is 10.8 Å². The van der Waals surface area contributed by atoms with Gasteiger partial charge in [-0.3, -0.25) is 0 Å². The van der Waals surface area contributed by atoms with Crippen molar-refractivity contribution in [3.05, 3.63) is 22.9 Å². The number of hydrogen-bond acceptors (Lipinski definition) is 1. The Morgan fingerprint density at radius 1 is 1.29 bits per heavy atom. The summed E-state index contributed by atoms with van der Waals surface area (Å²) >= 11 is 0. The molecule has 1 fully saturated rings. The van der Waals surface area contributed by atoms with Gasteiger partial charge >= 0.3 is 0 Å². The van der Waals surface area contributed by atoms with E-state index in [1.165, 1.54) is 0 Å². The summed E-state index contributed by atoms with van der Waals surface area (Å²) in [5.74, 6) is 1.25. The van der Waals surface area contributed by atoms with Crippen LogP contribution in [-0.4, -0.2) is 21.3 Å². The van der Waals surface area contributed by atoms with Crippen molar-refractivity contribution >= 4 is 8.07 Å². The highest BCUT2D eigenvalue weighted by Crippen LogP contribution is 2.37. The molecule has 1 nitrogen and oxygen atoms in total. The third-order valence-electron chi connectivity index (χ3n) is 3.24. The van der Waals surface area contributed by atoms with Crippen molar-refractivity contribution in [3.8, 4) is 0 Å². The van der Waals surface area contributed by atoms with Gasteiger partial charge in [-0.2, -0.15) is 0 Å². The predicted octanol–water partition coefficient (Wildman–Crippen LogP) is 3.01. The molecule has 1 aliphatic carbocycles. The molecule has 2 heteroatoms. The molecule has 0 amide bonds. The number of allylic oxidation sites excluding steroid dienone is 2. The lowest BCUT2D eigenvalue weighted by Gasteiger charge is -2.31. The van der Waals surface area contributed by atoms with Crippen molar-refractivity contribution in [3.63, 3.8) is 0 Å². The Morgan fingerprint density at radius 2 is 2.00 bits per heavy atom. The largest absolute Gasteiger partial charge is 0.376 e. The highest BCUT2D eigenvalue weighted by Gasteiger charge is 2.34. The monoisotopic (exact) mass is 208 g/mol. The Kier molecular flexibility index (Phi) is 2.44. The summed E-state index contributed by atoms with van der Waals surface area (Å²) in [5, 5.41) is 1.74. The minimum absolute atomic E-state index is 0.605. The molecule has 0 aromatic carbocycles. The first-order valence-electron chi connectivity index (χ1n) is 5.49. The summed E-state index contributed by atoms with van der Waals surface area (Å²) in [4.78, 5) is 0. The molecule has 1 heterocycles. The molecule has 1 aliphatic heterocycles. The van der Waals surface area contributed by atoms with Crippen molar-refractivity contribution in [2.75, 3.05) is 13.2 Å². The molecule has 0 spiro atoms. The molecule has 0 radical (unpaired) electrons. The number of rotatable bonds is 1. The average molecular weight is 208 g/mol. The fourth-order valence-corrected chi connectivity index (χ4v) is 5.49. The zero-order valence-electron chi connectivity index (χ0n) is 9.63. The smallest absolute Gasteiger partial charge is 0.0732 e. The van der Waals surface area contributed by atoms with Crippen LogP contribution in [0.1, 0.15) is 6.92 Å². The second-order valence-corrected chi connectivity index (χ2v) is 10.5. The fourth-order valence-electron chi connectivity index (χ4n) is 2.81. The van der Waals surface area contributed by atoms with E-state index >= 15 is 0 Å². The number of ether oxygens (including phenoxy) is 1. The van der Waals surface area contributed by atoms with Crippen LogP contribution in [0.15, 0.2) is 22.9 Å². The quantitative estimate of drug-likeness (QED) is 0.475.